The maximum atomic E-state index is 13.1. The molecular weight excluding hydrogens is 456 g/mol. The number of aromatic nitrogens is 1. The van der Waals surface area contributed by atoms with Gasteiger partial charge in [-0.25, -0.2) is 13.4 Å². The van der Waals surface area contributed by atoms with Crippen molar-refractivity contribution in [1.29, 1.82) is 0 Å². The van der Waals surface area contributed by atoms with Crippen molar-refractivity contribution in [3.05, 3.63) is 46.8 Å². The Balaban J connectivity index is 1.57. The maximum Gasteiger partial charge on any atom is 0.275 e. The number of benzene rings is 1. The molecule has 0 radical (unpaired) electrons. The number of methoxy groups -OCH3 is 1. The van der Waals surface area contributed by atoms with Gasteiger partial charge in [0.05, 0.1) is 22.6 Å². The molecular formula is C20H22N4O4S3. The fraction of sp³-hybridized carbons (Fsp3) is 0.300. The van der Waals surface area contributed by atoms with Gasteiger partial charge in [-0.05, 0) is 36.7 Å². The molecule has 11 heteroatoms. The summed E-state index contributed by atoms with van der Waals surface area (Å²) in [6, 6.07) is 8.37. The van der Waals surface area contributed by atoms with E-state index in [1.165, 1.54) is 34.9 Å². The average Bonchev–Trinajstić information content (AvgIpc) is 3.46. The third-order valence-corrected chi connectivity index (χ3v) is 8.76. The lowest BCUT2D eigenvalue weighted by Crippen LogP contribution is -2.47. The number of carbonyl (C=O) groups excluding carboxylic acids is 1. The molecule has 1 aliphatic rings. The number of anilines is 1. The van der Waals surface area contributed by atoms with Crippen molar-refractivity contribution in [2.75, 3.05) is 45.7 Å². The number of ether oxygens (including phenoxy) is 1. The molecule has 1 aliphatic heterocycles. The highest BCUT2D eigenvalue weighted by atomic mass is 32.2. The summed E-state index contributed by atoms with van der Waals surface area (Å²) in [5.41, 5.74) is 0.552. The molecule has 1 N–H and O–H groups in total. The molecule has 1 fully saturated rings. The Hall–Kier alpha value is -2.31. The van der Waals surface area contributed by atoms with Crippen molar-refractivity contribution in [3.8, 4) is 15.6 Å². The van der Waals surface area contributed by atoms with Crippen LogP contribution in [0.3, 0.4) is 0 Å². The van der Waals surface area contributed by atoms with Crippen LogP contribution in [-0.4, -0.2) is 68.9 Å². The van der Waals surface area contributed by atoms with Gasteiger partial charge in [0, 0.05) is 31.6 Å². The quantitative estimate of drug-likeness (QED) is 0.586. The zero-order valence-corrected chi connectivity index (χ0v) is 19.5. The zero-order valence-electron chi connectivity index (χ0n) is 17.1. The van der Waals surface area contributed by atoms with Crippen LogP contribution in [0.5, 0.6) is 5.75 Å². The van der Waals surface area contributed by atoms with Gasteiger partial charge in [0.25, 0.3) is 5.91 Å². The van der Waals surface area contributed by atoms with Crippen LogP contribution in [0.1, 0.15) is 10.5 Å². The number of sulfonamides is 1. The predicted molar refractivity (Wildman–Crippen MR) is 123 cm³/mol. The molecule has 164 valence electrons. The van der Waals surface area contributed by atoms with Gasteiger partial charge in [-0.15, -0.1) is 22.7 Å². The maximum absolute atomic E-state index is 13.1. The van der Waals surface area contributed by atoms with Gasteiger partial charge in [0.2, 0.25) is 10.0 Å². The fourth-order valence-electron chi connectivity index (χ4n) is 3.20. The molecule has 1 aromatic carbocycles. The van der Waals surface area contributed by atoms with Crippen molar-refractivity contribution >= 4 is 44.3 Å². The normalized spacial score (nSPS) is 15.7. The fourth-order valence-corrected chi connectivity index (χ4v) is 6.26. The molecule has 1 amide bonds. The van der Waals surface area contributed by atoms with Crippen LogP contribution in [0.2, 0.25) is 0 Å². The topological polar surface area (TPSA) is 91.8 Å². The molecule has 2 aromatic heterocycles. The second-order valence-electron chi connectivity index (χ2n) is 7.04. The first-order valence-corrected chi connectivity index (χ1v) is 12.8. The highest BCUT2D eigenvalue weighted by molar-refractivity contribution is 7.89. The van der Waals surface area contributed by atoms with Crippen LogP contribution in [0.15, 0.2) is 46.0 Å². The molecule has 3 aromatic rings. The molecule has 3 heterocycles. The van der Waals surface area contributed by atoms with Crippen LogP contribution in [-0.2, 0) is 10.0 Å². The van der Waals surface area contributed by atoms with Crippen molar-refractivity contribution in [2.45, 2.75) is 4.90 Å². The Kier molecular flexibility index (Phi) is 6.39. The molecule has 0 atom stereocenters. The second-order valence-corrected chi connectivity index (χ2v) is 10.8. The third-order valence-electron chi connectivity index (χ3n) is 4.99. The molecule has 8 nitrogen and oxygen atoms in total. The Morgan fingerprint density at radius 2 is 1.94 bits per heavy atom. The summed E-state index contributed by atoms with van der Waals surface area (Å²) in [5, 5.41) is 7.15. The number of rotatable bonds is 6. The van der Waals surface area contributed by atoms with E-state index in [2.05, 4.69) is 15.2 Å². The van der Waals surface area contributed by atoms with Gasteiger partial charge < -0.3 is 15.0 Å². The van der Waals surface area contributed by atoms with E-state index >= 15 is 0 Å². The number of likely N-dealkylation sites (N-methyl/N-ethyl adjacent to an activating group) is 1. The summed E-state index contributed by atoms with van der Waals surface area (Å²) >= 11 is 2.93. The van der Waals surface area contributed by atoms with Crippen molar-refractivity contribution in [3.63, 3.8) is 0 Å². The molecule has 0 spiro atoms. The minimum absolute atomic E-state index is 0.116. The molecule has 0 aliphatic carbocycles. The number of nitrogens with zero attached hydrogens (tertiary/aromatic N) is 3. The standard InChI is InChI=1S/C20H22N4O4S3/c1-23-7-9-24(10-8-23)31(26,27)14-5-6-17(28-2)15(12-14)21-19(25)16-13-30-20(22-16)18-4-3-11-29-18/h3-6,11-13H,7-10H2,1-2H3,(H,21,25). The van der Waals surface area contributed by atoms with Crippen LogP contribution < -0.4 is 10.1 Å². The molecule has 1 saturated heterocycles. The van der Waals surface area contributed by atoms with Gasteiger partial charge in [-0.1, -0.05) is 6.07 Å². The van der Waals surface area contributed by atoms with E-state index in [1.54, 1.807) is 22.8 Å². The minimum atomic E-state index is -3.67. The number of thiazole rings is 1. The third kappa shape index (κ3) is 4.65. The Labute approximate surface area is 189 Å². The van der Waals surface area contributed by atoms with E-state index in [9.17, 15) is 13.2 Å². The Morgan fingerprint density at radius 3 is 2.61 bits per heavy atom. The average molecular weight is 479 g/mol. The molecule has 0 unspecified atom stereocenters. The van der Waals surface area contributed by atoms with E-state index < -0.39 is 15.9 Å². The van der Waals surface area contributed by atoms with Crippen LogP contribution in [0.4, 0.5) is 5.69 Å². The predicted octanol–water partition coefficient (Wildman–Crippen LogP) is 3.07. The van der Waals surface area contributed by atoms with Gasteiger partial charge in [-0.2, -0.15) is 4.31 Å². The van der Waals surface area contributed by atoms with E-state index in [1.807, 2.05) is 24.6 Å². The monoisotopic (exact) mass is 478 g/mol. The zero-order chi connectivity index (χ0) is 22.0. The van der Waals surface area contributed by atoms with Crippen LogP contribution in [0, 0.1) is 0 Å². The van der Waals surface area contributed by atoms with E-state index in [0.717, 1.165) is 9.88 Å². The summed E-state index contributed by atoms with van der Waals surface area (Å²) in [6.45, 7) is 2.21. The first kappa shape index (κ1) is 21.9. The minimum Gasteiger partial charge on any atom is -0.495 e. The van der Waals surface area contributed by atoms with Gasteiger partial charge in [0.15, 0.2) is 0 Å². The summed E-state index contributed by atoms with van der Waals surface area (Å²) in [4.78, 5) is 20.4. The number of hydrogen-bond acceptors (Lipinski definition) is 8. The highest BCUT2D eigenvalue weighted by Crippen LogP contribution is 2.31. The first-order valence-electron chi connectivity index (χ1n) is 9.56. The Morgan fingerprint density at radius 1 is 1.16 bits per heavy atom. The van der Waals surface area contributed by atoms with E-state index in [4.69, 9.17) is 4.74 Å². The SMILES string of the molecule is COc1ccc(S(=O)(=O)N2CCN(C)CC2)cc1NC(=O)c1csc(-c2cccs2)n1. The summed E-state index contributed by atoms with van der Waals surface area (Å²) in [6.07, 6.45) is 0. The largest absolute Gasteiger partial charge is 0.495 e. The molecule has 31 heavy (non-hydrogen) atoms. The molecule has 0 bridgehead atoms. The lowest BCUT2D eigenvalue weighted by molar-refractivity contribution is 0.102. The van der Waals surface area contributed by atoms with E-state index in [-0.39, 0.29) is 16.3 Å². The Bertz CT molecular complexity index is 1170. The van der Waals surface area contributed by atoms with Crippen molar-refractivity contribution in [1.82, 2.24) is 14.2 Å². The van der Waals surface area contributed by atoms with Crippen LogP contribution in [0.25, 0.3) is 9.88 Å². The van der Waals surface area contributed by atoms with Crippen LogP contribution >= 0.6 is 22.7 Å². The second kappa shape index (κ2) is 9.05. The molecule has 0 saturated carbocycles. The molecule has 4 rings (SSSR count). The number of thiophene rings is 1. The van der Waals surface area contributed by atoms with Gasteiger partial charge in [-0.3, -0.25) is 4.79 Å². The lowest BCUT2D eigenvalue weighted by Gasteiger charge is -2.31. The number of amides is 1. The first-order chi connectivity index (χ1) is 14.9. The van der Waals surface area contributed by atoms with Crippen molar-refractivity contribution < 1.29 is 17.9 Å². The number of piperazine rings is 1. The van der Waals surface area contributed by atoms with Gasteiger partial charge in [0.1, 0.15) is 16.5 Å². The number of hydrogen-bond donors (Lipinski definition) is 1. The highest BCUT2D eigenvalue weighted by Gasteiger charge is 2.28. The number of nitrogens with one attached hydrogen (secondary N) is 1. The summed E-state index contributed by atoms with van der Waals surface area (Å²) < 4.78 is 33.0. The van der Waals surface area contributed by atoms with Crippen molar-refractivity contribution in [2.24, 2.45) is 0 Å². The van der Waals surface area contributed by atoms with Gasteiger partial charge >= 0.3 is 0 Å². The summed E-state index contributed by atoms with van der Waals surface area (Å²) in [7, 11) is -0.236. The van der Waals surface area contributed by atoms with E-state index in [0.29, 0.717) is 31.9 Å². The number of carbonyl (C=O) groups is 1. The smallest absolute Gasteiger partial charge is 0.275 e. The summed E-state index contributed by atoms with van der Waals surface area (Å²) in [5.74, 6) is -0.0501. The lowest BCUT2D eigenvalue weighted by atomic mass is 10.3.